The van der Waals surface area contributed by atoms with Crippen LogP contribution in [0.2, 0.25) is 5.15 Å². The van der Waals surface area contributed by atoms with Gasteiger partial charge in [-0.05, 0) is 50.2 Å². The quantitative estimate of drug-likeness (QED) is 0.602. The van der Waals surface area contributed by atoms with Crippen molar-refractivity contribution in [2.24, 2.45) is 4.99 Å². The van der Waals surface area contributed by atoms with E-state index >= 15 is 0 Å². The van der Waals surface area contributed by atoms with E-state index < -0.39 is 17.3 Å². The molecule has 2 aliphatic heterocycles. The van der Waals surface area contributed by atoms with Crippen LogP contribution in [0.25, 0.3) is 17.6 Å². The second kappa shape index (κ2) is 8.19. The lowest BCUT2D eigenvalue weighted by atomic mass is 9.92. The van der Waals surface area contributed by atoms with Crippen molar-refractivity contribution in [2.45, 2.75) is 24.6 Å². The molecule has 5 rings (SSSR count). The van der Waals surface area contributed by atoms with Crippen LogP contribution in [0.5, 0.6) is 0 Å². The fourth-order valence-corrected chi connectivity index (χ4v) is 4.59. The number of aromatic nitrogens is 3. The summed E-state index contributed by atoms with van der Waals surface area (Å²) in [5, 5.41) is 19.2. The third-order valence-corrected chi connectivity index (χ3v) is 6.25. The summed E-state index contributed by atoms with van der Waals surface area (Å²) in [6, 6.07) is 8.71. The summed E-state index contributed by atoms with van der Waals surface area (Å²) < 4.78 is 41.8. The summed E-state index contributed by atoms with van der Waals surface area (Å²) in [5.74, 6) is 0. The molecule has 0 amide bonds. The zero-order valence-electron chi connectivity index (χ0n) is 17.6. The van der Waals surface area contributed by atoms with Gasteiger partial charge in [-0.3, -0.25) is 4.57 Å². The van der Waals surface area contributed by atoms with Crippen molar-refractivity contribution < 1.29 is 18.3 Å². The number of hydrogen-bond acceptors (Lipinski definition) is 5. The molecule has 33 heavy (non-hydrogen) atoms. The standard InChI is InChI=1S/C22H22ClF3N6O/c23-19-8-15-11-30(13-21(33)4-6-27-7-5-21)14-28-20(15)32(19)18-3-1-2-17(9-18)31-12-16(10-29-31)22(24,25)26/h1-3,8-12,27,33H,4-7,13-14H2. The van der Waals surface area contributed by atoms with Gasteiger partial charge < -0.3 is 15.3 Å². The Labute approximate surface area is 192 Å². The summed E-state index contributed by atoms with van der Waals surface area (Å²) >= 11 is 6.53. The number of halogens is 4. The lowest BCUT2D eigenvalue weighted by Crippen LogP contribution is -2.50. The predicted molar refractivity (Wildman–Crippen MR) is 117 cm³/mol. The van der Waals surface area contributed by atoms with Crippen LogP contribution in [-0.4, -0.2) is 56.3 Å². The molecule has 7 nitrogen and oxygen atoms in total. The van der Waals surface area contributed by atoms with Crippen LogP contribution >= 0.6 is 11.6 Å². The van der Waals surface area contributed by atoms with E-state index in [1.807, 2.05) is 17.2 Å². The van der Waals surface area contributed by atoms with Crippen molar-refractivity contribution in [1.29, 1.82) is 0 Å². The van der Waals surface area contributed by atoms with Gasteiger partial charge in [0.05, 0.1) is 28.7 Å². The molecule has 1 fully saturated rings. The van der Waals surface area contributed by atoms with Gasteiger partial charge in [0.25, 0.3) is 0 Å². The lowest BCUT2D eigenvalue weighted by Gasteiger charge is -2.36. The first-order chi connectivity index (χ1) is 15.7. The number of nitrogens with zero attached hydrogens (tertiary/aromatic N) is 5. The summed E-state index contributed by atoms with van der Waals surface area (Å²) in [6.45, 7) is 2.42. The maximum absolute atomic E-state index is 13.0. The van der Waals surface area contributed by atoms with Crippen molar-refractivity contribution in [3.8, 4) is 11.4 Å². The van der Waals surface area contributed by atoms with Crippen molar-refractivity contribution >= 4 is 17.8 Å². The minimum atomic E-state index is -4.46. The molecule has 0 atom stereocenters. The van der Waals surface area contributed by atoms with Gasteiger partial charge in [-0.15, -0.1) is 0 Å². The van der Waals surface area contributed by atoms with Crippen LogP contribution in [0.15, 0.2) is 47.7 Å². The monoisotopic (exact) mass is 478 g/mol. The molecule has 174 valence electrons. The van der Waals surface area contributed by atoms with Crippen LogP contribution in [0, 0.1) is 0 Å². The van der Waals surface area contributed by atoms with Gasteiger partial charge in [0.1, 0.15) is 17.3 Å². The predicted octanol–water partition coefficient (Wildman–Crippen LogP) is 2.08. The van der Waals surface area contributed by atoms with E-state index in [9.17, 15) is 18.3 Å². The number of β-amino-alcohol motifs (C(OH)–C–C–N with tert-alkyl or cyclic N) is 1. The smallest absolute Gasteiger partial charge is 0.388 e. The molecular weight excluding hydrogens is 457 g/mol. The number of alkyl halides is 3. The maximum atomic E-state index is 13.0. The Balaban J connectivity index is 1.46. The normalized spacial score (nSPS) is 17.9. The fraction of sp³-hybridized carbons (Fsp3) is 0.364. The van der Waals surface area contributed by atoms with Crippen LogP contribution in [0.1, 0.15) is 18.4 Å². The lowest BCUT2D eigenvalue weighted by molar-refractivity contribution is -0.137. The minimum absolute atomic E-state index is 0.372. The highest BCUT2D eigenvalue weighted by molar-refractivity contribution is 6.29. The number of benzene rings is 1. The van der Waals surface area contributed by atoms with Gasteiger partial charge in [-0.25, -0.2) is 9.67 Å². The van der Waals surface area contributed by atoms with Crippen LogP contribution in [0.4, 0.5) is 13.2 Å². The highest BCUT2D eigenvalue weighted by Gasteiger charge is 2.33. The van der Waals surface area contributed by atoms with E-state index in [2.05, 4.69) is 15.4 Å². The van der Waals surface area contributed by atoms with Crippen molar-refractivity contribution in [3.63, 3.8) is 0 Å². The van der Waals surface area contributed by atoms with Crippen molar-refractivity contribution in [1.82, 2.24) is 24.6 Å². The average Bonchev–Trinajstić information content (AvgIpc) is 3.38. The Morgan fingerprint density at radius 2 is 1.91 bits per heavy atom. The van der Waals surface area contributed by atoms with E-state index in [0.29, 0.717) is 48.1 Å². The number of nitrogens with one attached hydrogen (secondary N) is 1. The molecule has 0 unspecified atom stereocenters. The molecule has 0 saturated carbocycles. The van der Waals surface area contributed by atoms with Gasteiger partial charge in [0, 0.05) is 24.2 Å². The molecule has 1 saturated heterocycles. The second-order valence-corrected chi connectivity index (χ2v) is 8.81. The molecule has 0 spiro atoms. The Hall–Kier alpha value is -2.82. The van der Waals surface area contributed by atoms with E-state index in [1.165, 1.54) is 4.68 Å². The van der Waals surface area contributed by atoms with E-state index in [4.69, 9.17) is 11.6 Å². The second-order valence-electron chi connectivity index (χ2n) is 8.42. The average molecular weight is 479 g/mol. The Bertz CT molecular complexity index is 1290. The number of hydrogen-bond donors (Lipinski definition) is 2. The van der Waals surface area contributed by atoms with Gasteiger partial charge in [0.2, 0.25) is 0 Å². The summed E-state index contributed by atoms with van der Waals surface area (Å²) in [4.78, 5) is 6.66. The number of aliphatic hydroxyl groups is 1. The Morgan fingerprint density at radius 3 is 2.64 bits per heavy atom. The molecule has 1 aromatic carbocycles. The molecule has 0 radical (unpaired) electrons. The number of piperidine rings is 1. The first-order valence-electron chi connectivity index (χ1n) is 10.6. The number of fused-ring (bicyclic) bond motifs is 1. The third-order valence-electron chi connectivity index (χ3n) is 5.98. The Kier molecular flexibility index (Phi) is 5.46. The first-order valence-corrected chi connectivity index (χ1v) is 10.9. The fourth-order valence-electron chi connectivity index (χ4n) is 4.29. The van der Waals surface area contributed by atoms with Crippen LogP contribution in [-0.2, 0) is 6.18 Å². The molecule has 2 N–H and O–H groups in total. The zero-order valence-corrected chi connectivity index (χ0v) is 18.3. The summed E-state index contributed by atoms with van der Waals surface area (Å²) in [7, 11) is 0. The molecule has 4 heterocycles. The SMILES string of the molecule is OC1(CN2C=c3cc(Cl)n(-c4cccc(-n5cc(C(F)(F)F)cn5)c4)c3=NC2)CCNCC1. The summed E-state index contributed by atoms with van der Waals surface area (Å²) in [5.41, 5.74) is 0.210. The third kappa shape index (κ3) is 4.38. The molecule has 0 aliphatic carbocycles. The van der Waals surface area contributed by atoms with Gasteiger partial charge >= 0.3 is 6.18 Å². The van der Waals surface area contributed by atoms with E-state index in [-0.39, 0.29) is 0 Å². The minimum Gasteiger partial charge on any atom is -0.388 e. The molecular formula is C22H22ClF3N6O. The maximum Gasteiger partial charge on any atom is 0.419 e. The van der Waals surface area contributed by atoms with Crippen molar-refractivity contribution in [3.05, 3.63) is 64.1 Å². The molecule has 11 heteroatoms. The molecule has 2 aromatic heterocycles. The van der Waals surface area contributed by atoms with Gasteiger partial charge in [0.15, 0.2) is 0 Å². The molecule has 2 aliphatic rings. The van der Waals surface area contributed by atoms with E-state index in [1.54, 1.807) is 28.8 Å². The van der Waals surface area contributed by atoms with Crippen LogP contribution < -0.4 is 16.0 Å². The molecule has 0 bridgehead atoms. The highest BCUT2D eigenvalue weighted by atomic mass is 35.5. The number of rotatable bonds is 4. The highest BCUT2D eigenvalue weighted by Crippen LogP contribution is 2.29. The Morgan fingerprint density at radius 1 is 1.15 bits per heavy atom. The zero-order chi connectivity index (χ0) is 23.2. The van der Waals surface area contributed by atoms with Gasteiger partial charge in [-0.1, -0.05) is 17.7 Å². The largest absolute Gasteiger partial charge is 0.419 e. The first kappa shape index (κ1) is 22.0. The van der Waals surface area contributed by atoms with Gasteiger partial charge in [-0.2, -0.15) is 18.3 Å². The summed E-state index contributed by atoms with van der Waals surface area (Å²) in [6.07, 6.45) is 0.600. The topological polar surface area (TPSA) is 70.6 Å². The van der Waals surface area contributed by atoms with E-state index in [0.717, 1.165) is 30.7 Å². The molecule has 3 aromatic rings. The van der Waals surface area contributed by atoms with Crippen molar-refractivity contribution in [2.75, 3.05) is 26.3 Å². The van der Waals surface area contributed by atoms with Crippen LogP contribution in [0.3, 0.4) is 0 Å².